The van der Waals surface area contributed by atoms with Crippen LogP contribution in [0.15, 0.2) is 42.5 Å². The summed E-state index contributed by atoms with van der Waals surface area (Å²) in [6.45, 7) is 1.61. The van der Waals surface area contributed by atoms with Crippen molar-refractivity contribution in [2.24, 2.45) is 0 Å². The fraction of sp³-hybridized carbons (Fsp3) is 0.176. The first-order valence-corrected chi connectivity index (χ1v) is 8.29. The van der Waals surface area contributed by atoms with Crippen LogP contribution in [-0.2, 0) is 9.59 Å². The predicted molar refractivity (Wildman–Crippen MR) is 99.2 cm³/mol. The summed E-state index contributed by atoms with van der Waals surface area (Å²) in [6, 6.07) is 11.7. The third-order valence-electron chi connectivity index (χ3n) is 3.25. The summed E-state index contributed by atoms with van der Waals surface area (Å²) in [4.78, 5) is 25.4. The minimum atomic E-state index is -0.228. The Kier molecular flexibility index (Phi) is 6.49. The normalized spacial score (nSPS) is 10.3. The van der Waals surface area contributed by atoms with Gasteiger partial charge >= 0.3 is 0 Å². The van der Waals surface area contributed by atoms with E-state index in [2.05, 4.69) is 5.32 Å². The number of halogens is 3. The highest BCUT2D eigenvalue weighted by molar-refractivity contribution is 6.36. The molecule has 0 aliphatic heterocycles. The highest BCUT2D eigenvalue weighted by atomic mass is 35.5. The van der Waals surface area contributed by atoms with E-state index in [1.54, 1.807) is 42.5 Å². The van der Waals surface area contributed by atoms with Gasteiger partial charge in [-0.3, -0.25) is 9.59 Å². The Labute approximate surface area is 155 Å². The maximum atomic E-state index is 12.1. The Morgan fingerprint density at radius 2 is 1.75 bits per heavy atom. The number of anilines is 2. The molecular formula is C17H15Cl3N2O2. The quantitative estimate of drug-likeness (QED) is 0.785. The summed E-state index contributed by atoms with van der Waals surface area (Å²) in [5.74, 6) is -0.441. The zero-order valence-electron chi connectivity index (χ0n) is 12.9. The van der Waals surface area contributed by atoms with Crippen molar-refractivity contribution in [3.63, 3.8) is 0 Å². The van der Waals surface area contributed by atoms with Crippen LogP contribution in [0, 0.1) is 0 Å². The summed E-state index contributed by atoms with van der Waals surface area (Å²) in [6.07, 6.45) is 0.116. The molecule has 0 bridgehead atoms. The molecule has 0 atom stereocenters. The lowest BCUT2D eigenvalue weighted by Crippen LogP contribution is -2.32. The van der Waals surface area contributed by atoms with E-state index in [0.717, 1.165) is 0 Å². The average Bonchev–Trinajstić information content (AvgIpc) is 2.49. The van der Waals surface area contributed by atoms with Crippen LogP contribution >= 0.6 is 34.8 Å². The zero-order valence-corrected chi connectivity index (χ0v) is 15.1. The number of hydrogen-bond donors (Lipinski definition) is 1. The van der Waals surface area contributed by atoms with Crippen molar-refractivity contribution in [3.8, 4) is 0 Å². The third-order valence-corrected chi connectivity index (χ3v) is 4.02. The molecule has 0 fully saturated rings. The molecule has 2 amide bonds. The average molecular weight is 386 g/mol. The lowest BCUT2D eigenvalue weighted by molar-refractivity contribution is -0.117. The van der Waals surface area contributed by atoms with Crippen molar-refractivity contribution in [1.29, 1.82) is 0 Å². The molecule has 2 aromatic carbocycles. The highest BCUT2D eigenvalue weighted by Gasteiger charge is 2.16. The lowest BCUT2D eigenvalue weighted by atomic mass is 10.2. The summed E-state index contributed by atoms with van der Waals surface area (Å²) < 4.78 is 0. The maximum absolute atomic E-state index is 12.1. The maximum Gasteiger partial charge on any atom is 0.226 e. The highest BCUT2D eigenvalue weighted by Crippen LogP contribution is 2.29. The molecule has 4 nitrogen and oxygen atoms in total. The van der Waals surface area contributed by atoms with E-state index in [1.165, 1.54) is 11.8 Å². The van der Waals surface area contributed by atoms with Gasteiger partial charge in [-0.15, -0.1) is 0 Å². The molecule has 0 heterocycles. The third kappa shape index (κ3) is 5.13. The van der Waals surface area contributed by atoms with E-state index < -0.39 is 0 Å². The lowest BCUT2D eigenvalue weighted by Gasteiger charge is -2.22. The molecule has 7 heteroatoms. The Morgan fingerprint density at radius 3 is 2.38 bits per heavy atom. The fourth-order valence-corrected chi connectivity index (χ4v) is 2.85. The van der Waals surface area contributed by atoms with E-state index in [4.69, 9.17) is 34.8 Å². The summed E-state index contributed by atoms with van der Waals surface area (Å²) >= 11 is 17.9. The van der Waals surface area contributed by atoms with Crippen LogP contribution in [0.3, 0.4) is 0 Å². The van der Waals surface area contributed by atoms with E-state index in [0.29, 0.717) is 26.4 Å². The minimum Gasteiger partial charge on any atom is -0.326 e. The van der Waals surface area contributed by atoms with Gasteiger partial charge in [-0.2, -0.15) is 0 Å². The van der Waals surface area contributed by atoms with Gasteiger partial charge in [-0.25, -0.2) is 0 Å². The number of nitrogens with zero attached hydrogens (tertiary/aromatic N) is 1. The van der Waals surface area contributed by atoms with Gasteiger partial charge in [0.1, 0.15) is 0 Å². The molecule has 0 unspecified atom stereocenters. The molecule has 2 aromatic rings. The zero-order chi connectivity index (χ0) is 17.7. The molecular weight excluding hydrogens is 371 g/mol. The first kappa shape index (κ1) is 18.6. The van der Waals surface area contributed by atoms with Crippen molar-refractivity contribution in [3.05, 3.63) is 57.5 Å². The fourth-order valence-electron chi connectivity index (χ4n) is 2.15. The van der Waals surface area contributed by atoms with Gasteiger partial charge in [-0.05, 0) is 36.4 Å². The molecule has 2 rings (SSSR count). The van der Waals surface area contributed by atoms with Crippen molar-refractivity contribution >= 4 is 58.0 Å². The largest absolute Gasteiger partial charge is 0.326 e. The van der Waals surface area contributed by atoms with Crippen LogP contribution in [0.25, 0.3) is 0 Å². The van der Waals surface area contributed by atoms with Crippen LogP contribution in [0.5, 0.6) is 0 Å². The number of rotatable bonds is 5. The predicted octanol–water partition coefficient (Wildman–Crippen LogP) is 5.03. The van der Waals surface area contributed by atoms with E-state index in [1.807, 2.05) is 0 Å². The molecule has 126 valence electrons. The minimum absolute atomic E-state index is 0.116. The molecule has 0 spiro atoms. The summed E-state index contributed by atoms with van der Waals surface area (Å²) in [5, 5.41) is 4.10. The molecule has 0 radical (unpaired) electrons. The second-order valence-electron chi connectivity index (χ2n) is 5.07. The number of benzene rings is 2. The number of nitrogens with one attached hydrogen (secondary N) is 1. The van der Waals surface area contributed by atoms with Gasteiger partial charge in [0.25, 0.3) is 0 Å². The summed E-state index contributed by atoms with van der Waals surface area (Å²) in [5.41, 5.74) is 1.12. The molecule has 0 saturated heterocycles. The Hall–Kier alpha value is -1.75. The van der Waals surface area contributed by atoms with Crippen LogP contribution in [0.4, 0.5) is 11.4 Å². The topological polar surface area (TPSA) is 49.4 Å². The Balaban J connectivity index is 2.03. The Bertz CT molecular complexity index is 765. The van der Waals surface area contributed by atoms with Crippen molar-refractivity contribution < 1.29 is 9.59 Å². The van der Waals surface area contributed by atoms with Crippen molar-refractivity contribution in [1.82, 2.24) is 0 Å². The molecule has 0 aromatic heterocycles. The number of hydrogen-bond acceptors (Lipinski definition) is 2. The van der Waals surface area contributed by atoms with Crippen LogP contribution in [0.2, 0.25) is 15.1 Å². The SMILES string of the molecule is CC(=O)N(CCC(=O)Nc1cccc(Cl)c1)c1ccc(Cl)cc1Cl. The van der Waals surface area contributed by atoms with E-state index in [-0.39, 0.29) is 24.8 Å². The van der Waals surface area contributed by atoms with Gasteiger partial charge in [-0.1, -0.05) is 40.9 Å². The van der Waals surface area contributed by atoms with Gasteiger partial charge in [0.15, 0.2) is 0 Å². The smallest absolute Gasteiger partial charge is 0.226 e. The second kappa shape index (κ2) is 8.38. The molecule has 24 heavy (non-hydrogen) atoms. The van der Waals surface area contributed by atoms with Gasteiger partial charge in [0.05, 0.1) is 10.7 Å². The standard InChI is InChI=1S/C17H15Cl3N2O2/c1-11(23)22(16-6-5-13(19)10-15(16)20)8-7-17(24)21-14-4-2-3-12(18)9-14/h2-6,9-10H,7-8H2,1H3,(H,21,24). The van der Waals surface area contributed by atoms with E-state index in [9.17, 15) is 9.59 Å². The van der Waals surface area contributed by atoms with Crippen molar-refractivity contribution in [2.45, 2.75) is 13.3 Å². The first-order valence-electron chi connectivity index (χ1n) is 7.15. The molecule has 0 aliphatic rings. The van der Waals surface area contributed by atoms with E-state index >= 15 is 0 Å². The van der Waals surface area contributed by atoms with Crippen LogP contribution < -0.4 is 10.2 Å². The van der Waals surface area contributed by atoms with Crippen molar-refractivity contribution in [2.75, 3.05) is 16.8 Å². The number of carbonyl (C=O) groups excluding carboxylic acids is 2. The number of carbonyl (C=O) groups is 2. The Morgan fingerprint density at radius 1 is 1.04 bits per heavy atom. The van der Waals surface area contributed by atoms with Gasteiger partial charge in [0, 0.05) is 35.6 Å². The number of amides is 2. The second-order valence-corrected chi connectivity index (χ2v) is 6.35. The van der Waals surface area contributed by atoms with Crippen LogP contribution in [0.1, 0.15) is 13.3 Å². The van der Waals surface area contributed by atoms with Gasteiger partial charge < -0.3 is 10.2 Å². The molecule has 1 N–H and O–H groups in total. The monoisotopic (exact) mass is 384 g/mol. The molecule has 0 saturated carbocycles. The van der Waals surface area contributed by atoms with Crippen LogP contribution in [-0.4, -0.2) is 18.4 Å². The molecule has 0 aliphatic carbocycles. The first-order chi connectivity index (χ1) is 11.4. The van der Waals surface area contributed by atoms with Gasteiger partial charge in [0.2, 0.25) is 11.8 Å². The summed E-state index contributed by atoms with van der Waals surface area (Å²) in [7, 11) is 0.